The number of nitrogens with two attached hydrogens (primary N) is 1. The van der Waals surface area contributed by atoms with Gasteiger partial charge < -0.3 is 10.2 Å². The van der Waals surface area contributed by atoms with Crippen LogP contribution in [-0.2, 0) is 0 Å². The normalized spacial score (nSPS) is 19.7. The molecule has 1 rings (SSSR count). The largest absolute Gasteiger partial charge is 0.353 e. The number of guanidine groups is 1. The minimum atomic E-state index is 0.353. The van der Waals surface area contributed by atoms with E-state index in [1.165, 1.54) is 32.5 Å². The van der Waals surface area contributed by atoms with Gasteiger partial charge in [-0.2, -0.15) is 0 Å². The Labute approximate surface area is 105 Å². The molecule has 0 radical (unpaired) electrons. The zero-order chi connectivity index (χ0) is 12.7. The predicted octanol–water partition coefficient (Wildman–Crippen LogP) is 0.536. The number of piperidine rings is 1. The minimum Gasteiger partial charge on any atom is -0.353 e. The average molecular weight is 241 g/mol. The summed E-state index contributed by atoms with van der Waals surface area (Å²) in [4.78, 5) is 7.00. The molecule has 1 aliphatic rings. The van der Waals surface area contributed by atoms with Gasteiger partial charge in [-0.15, -0.1) is 0 Å². The van der Waals surface area contributed by atoms with Gasteiger partial charge in [-0.25, -0.2) is 5.84 Å². The summed E-state index contributed by atoms with van der Waals surface area (Å²) in [5, 5.41) is 3.19. The number of hydrogen-bond donors (Lipinski definition) is 3. The molecule has 5 nitrogen and oxygen atoms in total. The molecule has 0 unspecified atom stereocenters. The van der Waals surface area contributed by atoms with Crippen LogP contribution in [-0.4, -0.2) is 43.1 Å². The Morgan fingerprint density at radius 2 is 2.06 bits per heavy atom. The number of nitrogens with one attached hydrogen (secondary N) is 2. The van der Waals surface area contributed by atoms with E-state index in [0.717, 1.165) is 6.54 Å². The highest BCUT2D eigenvalue weighted by atomic mass is 15.3. The van der Waals surface area contributed by atoms with Crippen LogP contribution in [0.3, 0.4) is 0 Å². The van der Waals surface area contributed by atoms with Crippen LogP contribution >= 0.6 is 0 Å². The van der Waals surface area contributed by atoms with E-state index < -0.39 is 0 Å². The van der Waals surface area contributed by atoms with Crippen molar-refractivity contribution in [3.05, 3.63) is 0 Å². The van der Waals surface area contributed by atoms with Crippen molar-refractivity contribution >= 4 is 5.96 Å². The van der Waals surface area contributed by atoms with Crippen LogP contribution in [0.5, 0.6) is 0 Å². The minimum absolute atomic E-state index is 0.353. The fourth-order valence-corrected chi connectivity index (χ4v) is 2.11. The van der Waals surface area contributed by atoms with Gasteiger partial charge in [0.15, 0.2) is 0 Å². The highest BCUT2D eigenvalue weighted by Gasteiger charge is 2.17. The zero-order valence-corrected chi connectivity index (χ0v) is 11.4. The second-order valence-electron chi connectivity index (χ2n) is 5.01. The summed E-state index contributed by atoms with van der Waals surface area (Å²) in [6.07, 6.45) is 2.49. The Balaban J connectivity index is 2.31. The van der Waals surface area contributed by atoms with Gasteiger partial charge in [0.25, 0.3) is 0 Å². The molecule has 0 saturated carbocycles. The number of rotatable bonds is 4. The van der Waals surface area contributed by atoms with E-state index in [-0.39, 0.29) is 0 Å². The third-order valence-corrected chi connectivity index (χ3v) is 3.22. The molecule has 0 aromatic heterocycles. The van der Waals surface area contributed by atoms with E-state index in [1.54, 1.807) is 0 Å². The second-order valence-corrected chi connectivity index (χ2v) is 5.01. The maximum atomic E-state index is 5.43. The van der Waals surface area contributed by atoms with Crippen LogP contribution in [0, 0.1) is 5.92 Å². The lowest BCUT2D eigenvalue weighted by Gasteiger charge is -2.30. The van der Waals surface area contributed by atoms with Gasteiger partial charge in [-0.05, 0) is 52.2 Å². The molecule has 1 fully saturated rings. The van der Waals surface area contributed by atoms with Crippen molar-refractivity contribution in [2.24, 2.45) is 16.8 Å². The van der Waals surface area contributed by atoms with Gasteiger partial charge in [0.05, 0.1) is 0 Å². The van der Waals surface area contributed by atoms with Crippen LogP contribution < -0.4 is 16.6 Å². The lowest BCUT2D eigenvalue weighted by molar-refractivity contribution is 0.196. The smallest absolute Gasteiger partial charge is 0.205 e. The Morgan fingerprint density at radius 3 is 2.53 bits per heavy atom. The summed E-state index contributed by atoms with van der Waals surface area (Å²) >= 11 is 0. The van der Waals surface area contributed by atoms with Crippen LogP contribution in [0.15, 0.2) is 4.99 Å². The first-order chi connectivity index (χ1) is 8.15. The molecule has 0 aromatic rings. The summed E-state index contributed by atoms with van der Waals surface area (Å²) < 4.78 is 0. The monoisotopic (exact) mass is 241 g/mol. The van der Waals surface area contributed by atoms with Crippen molar-refractivity contribution in [3.8, 4) is 0 Å². The second kappa shape index (κ2) is 7.50. The predicted molar refractivity (Wildman–Crippen MR) is 72.7 cm³/mol. The molecule has 1 saturated heterocycles. The van der Waals surface area contributed by atoms with Crippen LogP contribution in [0.2, 0.25) is 0 Å². The fourth-order valence-electron chi connectivity index (χ4n) is 2.11. The molecule has 0 aliphatic carbocycles. The summed E-state index contributed by atoms with van der Waals surface area (Å²) in [5.41, 5.74) is 2.62. The molecule has 0 bridgehead atoms. The molecule has 1 aliphatic heterocycles. The van der Waals surface area contributed by atoms with E-state index >= 15 is 0 Å². The van der Waals surface area contributed by atoms with Crippen LogP contribution in [0.4, 0.5) is 0 Å². The van der Waals surface area contributed by atoms with Gasteiger partial charge in [0.2, 0.25) is 5.96 Å². The van der Waals surface area contributed by atoms with E-state index in [1.807, 2.05) is 0 Å². The summed E-state index contributed by atoms with van der Waals surface area (Å²) in [5.74, 6) is 6.84. The highest BCUT2D eigenvalue weighted by molar-refractivity contribution is 5.79. The van der Waals surface area contributed by atoms with Gasteiger partial charge in [0.1, 0.15) is 0 Å². The summed E-state index contributed by atoms with van der Waals surface area (Å²) in [7, 11) is 0. The SMILES string of the molecule is CCN1CCC(CN=C(NN)NC(C)C)CC1. The quantitative estimate of drug-likeness (QED) is 0.291. The van der Waals surface area contributed by atoms with Crippen LogP contribution in [0.25, 0.3) is 0 Å². The number of likely N-dealkylation sites (tertiary alicyclic amines) is 1. The lowest BCUT2D eigenvalue weighted by Crippen LogP contribution is -2.45. The molecule has 17 heavy (non-hydrogen) atoms. The topological polar surface area (TPSA) is 65.7 Å². The molecule has 0 atom stereocenters. The Kier molecular flexibility index (Phi) is 6.29. The number of nitrogens with zero attached hydrogens (tertiary/aromatic N) is 2. The van der Waals surface area contributed by atoms with Crippen LogP contribution in [0.1, 0.15) is 33.6 Å². The molecule has 0 aromatic carbocycles. The first-order valence-electron chi connectivity index (χ1n) is 6.65. The van der Waals surface area contributed by atoms with Crippen molar-refractivity contribution in [3.63, 3.8) is 0 Å². The Bertz CT molecular complexity index is 231. The average Bonchev–Trinajstić information content (AvgIpc) is 2.34. The Hall–Kier alpha value is -0.810. The molecule has 4 N–H and O–H groups in total. The molecule has 0 amide bonds. The molecule has 1 heterocycles. The lowest BCUT2D eigenvalue weighted by atomic mass is 9.97. The molecular weight excluding hydrogens is 214 g/mol. The van der Waals surface area contributed by atoms with Gasteiger partial charge in [0, 0.05) is 12.6 Å². The maximum absolute atomic E-state index is 5.43. The number of hydrogen-bond acceptors (Lipinski definition) is 3. The first kappa shape index (κ1) is 14.3. The van der Waals surface area contributed by atoms with E-state index in [0.29, 0.717) is 17.9 Å². The fraction of sp³-hybridized carbons (Fsp3) is 0.917. The zero-order valence-electron chi connectivity index (χ0n) is 11.4. The van der Waals surface area contributed by atoms with Crippen molar-refractivity contribution in [2.75, 3.05) is 26.2 Å². The van der Waals surface area contributed by atoms with E-state index in [4.69, 9.17) is 5.84 Å². The molecule has 100 valence electrons. The van der Waals surface area contributed by atoms with Gasteiger partial charge >= 0.3 is 0 Å². The number of aliphatic imine (C=N–C) groups is 1. The van der Waals surface area contributed by atoms with Crippen molar-refractivity contribution in [1.82, 2.24) is 15.6 Å². The summed E-state index contributed by atoms with van der Waals surface area (Å²) in [6.45, 7) is 10.8. The first-order valence-corrected chi connectivity index (χ1v) is 6.65. The third-order valence-electron chi connectivity index (χ3n) is 3.22. The van der Waals surface area contributed by atoms with Crippen molar-refractivity contribution in [1.29, 1.82) is 0 Å². The Morgan fingerprint density at radius 1 is 1.41 bits per heavy atom. The van der Waals surface area contributed by atoms with E-state index in [9.17, 15) is 0 Å². The summed E-state index contributed by atoms with van der Waals surface area (Å²) in [6, 6.07) is 0.353. The highest BCUT2D eigenvalue weighted by Crippen LogP contribution is 2.16. The van der Waals surface area contributed by atoms with Gasteiger partial charge in [-0.1, -0.05) is 6.92 Å². The van der Waals surface area contributed by atoms with Crippen molar-refractivity contribution < 1.29 is 0 Å². The third kappa shape index (κ3) is 5.37. The van der Waals surface area contributed by atoms with Crippen molar-refractivity contribution in [2.45, 2.75) is 39.7 Å². The van der Waals surface area contributed by atoms with E-state index in [2.05, 4.69) is 41.4 Å². The van der Waals surface area contributed by atoms with Gasteiger partial charge in [-0.3, -0.25) is 10.4 Å². The molecule has 5 heteroatoms. The molecule has 0 spiro atoms. The number of hydrazine groups is 1. The molecular formula is C12H27N5. The standard InChI is InChI=1S/C12H27N5/c1-4-17-7-5-11(6-8-17)9-14-12(16-13)15-10(2)3/h10-11H,4-9,13H2,1-3H3,(H2,14,15,16). The maximum Gasteiger partial charge on any atom is 0.205 e.